The highest BCUT2D eigenvalue weighted by molar-refractivity contribution is 5.92. The highest BCUT2D eigenvalue weighted by Gasteiger charge is 2.21. The van der Waals surface area contributed by atoms with Gasteiger partial charge in [-0.3, -0.25) is 0 Å². The van der Waals surface area contributed by atoms with Crippen LogP contribution < -0.4 is 14.7 Å². The molecule has 21 aromatic carbocycles. The second-order valence-corrected chi connectivity index (χ2v) is 33.1. The summed E-state index contributed by atoms with van der Waals surface area (Å²) in [6.07, 6.45) is 13.2. The molecule has 0 heterocycles. The van der Waals surface area contributed by atoms with Gasteiger partial charge in [-0.25, -0.2) is 0 Å². The number of nitrogens with zero attached hydrogens (tertiary/aromatic N) is 3. The fraction of sp³-hybridized carbons (Fsp3) is 0. The van der Waals surface area contributed by atoms with Crippen LogP contribution in [0.25, 0.3) is 137 Å². The first-order valence-corrected chi connectivity index (χ1v) is 46.1. The maximum atomic E-state index is 2.36. The Morgan fingerprint density at radius 1 is 0.0963 bits per heavy atom. The van der Waals surface area contributed by atoms with Crippen LogP contribution in [0.15, 0.2) is 564 Å². The molecular weight excluding hydrogens is 1630 g/mol. The molecule has 0 N–H and O–H groups in total. The van der Waals surface area contributed by atoms with Crippen LogP contribution in [0.2, 0.25) is 0 Å². The Balaban J connectivity index is 0.000000131. The molecule has 0 spiro atoms. The first-order chi connectivity index (χ1) is 66.9. The van der Waals surface area contributed by atoms with E-state index in [4.69, 9.17) is 0 Å². The molecular formula is C132H99N3. The summed E-state index contributed by atoms with van der Waals surface area (Å²) in [5.74, 6) is 0. The Labute approximate surface area is 794 Å². The SMILES string of the molecule is C(=C\c1ccccc1N(c1ccc(-c2ccc(-c3ccccc3)cc2)cc1)c1ccc(-c2ccc(-c3ccccc3)cc2)cc1)/c1ccccc1.C(=C\c1ccccc1N(c1ccc(-c2ccccc2)cc1)c1ccc(-c2ccc(-c3ccccc3)cc2)cc1)/c1ccccc1.C(=C\c1ccccc1N(c1ccc(-c2ccccc2)cc1)c1ccc(-c2ccccc2)cc1)/c1ccccc1. The van der Waals surface area contributed by atoms with Gasteiger partial charge < -0.3 is 14.7 Å². The fourth-order valence-electron chi connectivity index (χ4n) is 17.2. The highest BCUT2D eigenvalue weighted by Crippen LogP contribution is 2.45. The van der Waals surface area contributed by atoms with Crippen LogP contribution in [0.4, 0.5) is 51.2 Å². The number of anilines is 9. The molecule has 642 valence electrons. The van der Waals surface area contributed by atoms with E-state index in [1.807, 2.05) is 12.1 Å². The normalized spacial score (nSPS) is 11.0. The van der Waals surface area contributed by atoms with Gasteiger partial charge in [0.25, 0.3) is 0 Å². The fourth-order valence-corrected chi connectivity index (χ4v) is 17.2. The van der Waals surface area contributed by atoms with E-state index in [-0.39, 0.29) is 0 Å². The topological polar surface area (TPSA) is 9.72 Å². The maximum Gasteiger partial charge on any atom is 0.0533 e. The lowest BCUT2D eigenvalue weighted by Crippen LogP contribution is -2.11. The first kappa shape index (κ1) is 86.6. The quantitative estimate of drug-likeness (QED) is 0.0558. The van der Waals surface area contributed by atoms with Crippen LogP contribution in [0.5, 0.6) is 0 Å². The van der Waals surface area contributed by atoms with Crippen molar-refractivity contribution in [3.8, 4) is 100 Å². The maximum absolute atomic E-state index is 2.36. The smallest absolute Gasteiger partial charge is 0.0533 e. The predicted octanol–water partition coefficient (Wildman–Crippen LogP) is 37.0. The third-order valence-corrected chi connectivity index (χ3v) is 24.3. The molecule has 3 heteroatoms. The van der Waals surface area contributed by atoms with E-state index in [0.717, 1.165) is 67.9 Å². The van der Waals surface area contributed by atoms with Crippen molar-refractivity contribution < 1.29 is 0 Å². The molecule has 21 rings (SSSR count). The van der Waals surface area contributed by atoms with Crippen molar-refractivity contribution in [1.29, 1.82) is 0 Å². The number of hydrogen-bond donors (Lipinski definition) is 0. The summed E-state index contributed by atoms with van der Waals surface area (Å²) in [7, 11) is 0. The molecule has 0 saturated carbocycles. The Bertz CT molecular complexity index is 7200. The van der Waals surface area contributed by atoms with E-state index in [9.17, 15) is 0 Å². The van der Waals surface area contributed by atoms with Crippen molar-refractivity contribution >= 4 is 87.6 Å². The summed E-state index contributed by atoms with van der Waals surface area (Å²) < 4.78 is 0. The summed E-state index contributed by atoms with van der Waals surface area (Å²) in [5, 5.41) is 0. The van der Waals surface area contributed by atoms with Gasteiger partial charge in [0.2, 0.25) is 0 Å². The van der Waals surface area contributed by atoms with Gasteiger partial charge in [0.05, 0.1) is 17.1 Å². The van der Waals surface area contributed by atoms with Crippen LogP contribution >= 0.6 is 0 Å². The lowest BCUT2D eigenvalue weighted by atomic mass is 9.99. The minimum Gasteiger partial charge on any atom is -0.310 e. The zero-order valence-corrected chi connectivity index (χ0v) is 75.0. The molecule has 0 radical (unpaired) electrons. The molecule has 0 bridgehead atoms. The standard InChI is InChI=1S/C50H37N.C44H33N.C38H29N/c1-4-12-38(13-5-1)20-21-47-18-10-11-19-50(47)51(48-34-30-45(31-35-48)43-26-22-41(23-27-43)39-14-6-2-7-15-39)49-36-32-46(33-37-49)44-28-24-42(25-29-44)40-16-8-3-9-17-40;1-4-12-34(13-5-1)20-21-41-18-10-11-19-44(41)45(42-30-26-39(27-31-42)36-16-8-3-9-17-36)43-32-28-40(29-33-43)38-24-22-37(23-25-38)35-14-6-2-7-15-35;1-4-12-30(13-5-1)20-21-35-18-10-11-19-38(35)39(36-26-22-33(23-27-36)31-14-6-2-7-15-31)37-28-24-34(25-29-37)32-16-8-3-9-17-32/h1-37H;1-33H;1-29H/b3*21-20+. The second kappa shape index (κ2) is 43.1. The zero-order valence-electron chi connectivity index (χ0n) is 75.0. The van der Waals surface area contributed by atoms with Gasteiger partial charge in [0, 0.05) is 34.1 Å². The molecule has 21 aromatic rings. The Morgan fingerprint density at radius 2 is 0.215 bits per heavy atom. The van der Waals surface area contributed by atoms with E-state index in [0.29, 0.717) is 0 Å². The van der Waals surface area contributed by atoms with Gasteiger partial charge in [0.1, 0.15) is 0 Å². The van der Waals surface area contributed by atoms with E-state index < -0.39 is 0 Å². The van der Waals surface area contributed by atoms with E-state index in [1.165, 1.54) is 117 Å². The molecule has 0 fully saturated rings. The van der Waals surface area contributed by atoms with Crippen molar-refractivity contribution in [3.63, 3.8) is 0 Å². The Morgan fingerprint density at radius 3 is 0.370 bits per heavy atom. The van der Waals surface area contributed by atoms with Gasteiger partial charge in [-0.1, -0.05) is 510 Å². The molecule has 0 saturated heterocycles. The first-order valence-electron chi connectivity index (χ1n) is 46.1. The lowest BCUT2D eigenvalue weighted by Gasteiger charge is -2.27. The van der Waals surface area contributed by atoms with Crippen molar-refractivity contribution in [2.24, 2.45) is 0 Å². The lowest BCUT2D eigenvalue weighted by molar-refractivity contribution is 1.28. The van der Waals surface area contributed by atoms with Crippen LogP contribution in [0.3, 0.4) is 0 Å². The molecule has 0 aliphatic heterocycles. The summed E-state index contributed by atoms with van der Waals surface area (Å²) >= 11 is 0. The molecule has 135 heavy (non-hydrogen) atoms. The summed E-state index contributed by atoms with van der Waals surface area (Å²) in [6, 6.07) is 200. The Kier molecular flexibility index (Phi) is 27.7. The average Bonchev–Trinajstić information content (AvgIpc) is 0.791. The van der Waals surface area contributed by atoms with Crippen LogP contribution in [0, 0.1) is 0 Å². The van der Waals surface area contributed by atoms with E-state index >= 15 is 0 Å². The average molecular weight is 1730 g/mol. The summed E-state index contributed by atoms with van der Waals surface area (Å²) in [5.41, 5.74) is 38.7. The van der Waals surface area contributed by atoms with Crippen molar-refractivity contribution in [3.05, 3.63) is 598 Å². The number of benzene rings is 21. The molecule has 0 atom stereocenters. The van der Waals surface area contributed by atoms with Gasteiger partial charge in [-0.15, -0.1) is 0 Å². The molecule has 0 aliphatic carbocycles. The van der Waals surface area contributed by atoms with Crippen molar-refractivity contribution in [2.45, 2.75) is 0 Å². The monoisotopic (exact) mass is 1730 g/mol. The number of hydrogen-bond acceptors (Lipinski definition) is 3. The van der Waals surface area contributed by atoms with Crippen LogP contribution in [-0.2, 0) is 0 Å². The predicted molar refractivity (Wildman–Crippen MR) is 578 cm³/mol. The van der Waals surface area contributed by atoms with Gasteiger partial charge >= 0.3 is 0 Å². The largest absolute Gasteiger partial charge is 0.310 e. The number of para-hydroxylation sites is 3. The van der Waals surface area contributed by atoms with E-state index in [1.54, 1.807) is 0 Å². The molecule has 0 aromatic heterocycles. The Hall–Kier alpha value is -17.8. The summed E-state index contributed by atoms with van der Waals surface area (Å²) in [6.45, 7) is 0. The highest BCUT2D eigenvalue weighted by atomic mass is 15.2. The van der Waals surface area contributed by atoms with Gasteiger partial charge in [-0.05, 0) is 225 Å². The third-order valence-electron chi connectivity index (χ3n) is 24.3. The molecule has 0 aliphatic rings. The van der Waals surface area contributed by atoms with E-state index in [2.05, 4.69) is 603 Å². The number of rotatable bonds is 24. The summed E-state index contributed by atoms with van der Waals surface area (Å²) in [4.78, 5) is 7.05. The molecule has 0 amide bonds. The molecule has 0 unspecified atom stereocenters. The molecule has 3 nitrogen and oxygen atoms in total. The minimum absolute atomic E-state index is 1.10. The third kappa shape index (κ3) is 21.7. The minimum atomic E-state index is 1.10. The van der Waals surface area contributed by atoms with Crippen molar-refractivity contribution in [2.75, 3.05) is 14.7 Å². The zero-order chi connectivity index (χ0) is 90.8. The van der Waals surface area contributed by atoms with Gasteiger partial charge in [0.15, 0.2) is 0 Å². The van der Waals surface area contributed by atoms with Gasteiger partial charge in [-0.2, -0.15) is 0 Å². The van der Waals surface area contributed by atoms with Crippen LogP contribution in [-0.4, -0.2) is 0 Å². The van der Waals surface area contributed by atoms with Crippen LogP contribution in [0.1, 0.15) is 33.4 Å². The van der Waals surface area contributed by atoms with Crippen molar-refractivity contribution in [1.82, 2.24) is 0 Å². The second-order valence-electron chi connectivity index (χ2n) is 33.1.